The van der Waals surface area contributed by atoms with Gasteiger partial charge in [0, 0.05) is 19.6 Å². The number of carbonyl (C=O) groups excluding carboxylic acids is 4. The molecule has 5 amide bonds. The summed E-state index contributed by atoms with van der Waals surface area (Å²) in [5.74, 6) is -1.36. The van der Waals surface area contributed by atoms with Gasteiger partial charge in [0.2, 0.25) is 5.91 Å². The molecule has 0 radical (unpaired) electrons. The normalized spacial score (nSPS) is 27.0. The second-order valence-electron chi connectivity index (χ2n) is 8.77. The minimum atomic E-state index is -0.735. The number of fused-ring (bicyclic) bond motifs is 2. The van der Waals surface area contributed by atoms with Crippen molar-refractivity contribution < 1.29 is 29.1 Å². The fraction of sp³-hybridized carbons (Fsp3) is 0.778. The van der Waals surface area contributed by atoms with Gasteiger partial charge in [0.1, 0.15) is 11.6 Å². The highest BCUT2D eigenvalue weighted by molar-refractivity contribution is 5.90. The second-order valence-corrected chi connectivity index (χ2v) is 8.77. The Labute approximate surface area is 169 Å². The molecule has 0 aromatic heterocycles. The maximum Gasteiger partial charge on any atom is 0.410 e. The first-order valence-corrected chi connectivity index (χ1v) is 9.93. The lowest BCUT2D eigenvalue weighted by Crippen LogP contribution is -2.56. The van der Waals surface area contributed by atoms with Crippen molar-refractivity contribution in [1.29, 1.82) is 0 Å². The van der Waals surface area contributed by atoms with E-state index in [0.717, 1.165) is 0 Å². The number of hydrogen-bond donors (Lipinski definition) is 3. The number of piperidine rings is 2. The molecule has 0 saturated carbocycles. The zero-order valence-electron chi connectivity index (χ0n) is 17.0. The zero-order chi connectivity index (χ0) is 21.3. The number of hydrogen-bond acceptors (Lipinski definition) is 6. The molecule has 3 heterocycles. The number of ether oxygens (including phenoxy) is 1. The Balaban J connectivity index is 1.49. The third-order valence-electron chi connectivity index (χ3n) is 5.40. The van der Waals surface area contributed by atoms with Crippen molar-refractivity contribution >= 4 is 23.9 Å². The van der Waals surface area contributed by atoms with E-state index in [0.29, 0.717) is 37.3 Å². The van der Waals surface area contributed by atoms with Crippen LogP contribution in [0, 0.1) is 5.92 Å². The van der Waals surface area contributed by atoms with E-state index in [1.807, 2.05) is 0 Å². The number of carbonyl (C=O) groups is 4. The largest absolute Gasteiger partial charge is 0.444 e. The number of rotatable bonds is 2. The molecular weight excluding hydrogens is 382 g/mol. The molecule has 29 heavy (non-hydrogen) atoms. The third kappa shape index (κ3) is 4.72. The summed E-state index contributed by atoms with van der Waals surface area (Å²) < 4.78 is 5.35. The Hall–Kier alpha value is -2.56. The molecular formula is C18H29N5O6. The number of nitrogens with one attached hydrogen (secondary N) is 2. The molecule has 0 spiro atoms. The Bertz CT molecular complexity index is 693. The van der Waals surface area contributed by atoms with Gasteiger partial charge >= 0.3 is 12.1 Å². The quantitative estimate of drug-likeness (QED) is 0.446. The van der Waals surface area contributed by atoms with Crippen LogP contribution in [0.2, 0.25) is 0 Å². The monoisotopic (exact) mass is 411 g/mol. The number of amides is 5. The van der Waals surface area contributed by atoms with Gasteiger partial charge in [0.05, 0.1) is 12.0 Å². The highest BCUT2D eigenvalue weighted by Crippen LogP contribution is 2.28. The number of hydrazine groups is 1. The van der Waals surface area contributed by atoms with E-state index in [2.05, 4.69) is 10.9 Å². The molecule has 11 nitrogen and oxygen atoms in total. The van der Waals surface area contributed by atoms with Crippen molar-refractivity contribution in [3.8, 4) is 0 Å². The standard InChI is InChI=1S/C18H29N5O6/c1-18(2,3)29-17(27)21-8-4-5-11(9-21)14(24)19-20-15(25)13-7-6-12-10-22(13)16(26)23(12)28/h11-13,28H,4-10H2,1-3H3,(H,19,24)(H,20,25). The molecule has 2 bridgehead atoms. The Kier molecular flexibility index (Phi) is 5.87. The van der Waals surface area contributed by atoms with Gasteiger partial charge < -0.3 is 14.5 Å². The van der Waals surface area contributed by atoms with E-state index in [1.54, 1.807) is 20.8 Å². The first-order chi connectivity index (χ1) is 13.6. The number of nitrogens with zero attached hydrogens (tertiary/aromatic N) is 3. The third-order valence-corrected chi connectivity index (χ3v) is 5.40. The molecule has 3 N–H and O–H groups in total. The van der Waals surface area contributed by atoms with Crippen LogP contribution in [0.3, 0.4) is 0 Å². The lowest BCUT2D eigenvalue weighted by atomic mass is 9.97. The maximum atomic E-state index is 12.5. The first-order valence-electron chi connectivity index (χ1n) is 9.93. The minimum Gasteiger partial charge on any atom is -0.444 e. The van der Waals surface area contributed by atoms with Gasteiger partial charge in [-0.05, 0) is 46.5 Å². The predicted octanol–water partition coefficient (Wildman–Crippen LogP) is 0.439. The minimum absolute atomic E-state index is 0.214. The summed E-state index contributed by atoms with van der Waals surface area (Å²) in [7, 11) is 0. The predicted molar refractivity (Wildman–Crippen MR) is 99.4 cm³/mol. The van der Waals surface area contributed by atoms with E-state index in [1.165, 1.54) is 9.80 Å². The van der Waals surface area contributed by atoms with Gasteiger partial charge in [-0.2, -0.15) is 0 Å². The molecule has 3 unspecified atom stereocenters. The van der Waals surface area contributed by atoms with Gasteiger partial charge in [-0.25, -0.2) is 14.7 Å². The van der Waals surface area contributed by atoms with Crippen LogP contribution >= 0.6 is 0 Å². The molecule has 3 saturated heterocycles. The molecule has 3 rings (SSSR count). The number of urea groups is 1. The molecule has 3 fully saturated rings. The van der Waals surface area contributed by atoms with Gasteiger partial charge in [-0.15, -0.1) is 0 Å². The van der Waals surface area contributed by atoms with Crippen molar-refractivity contribution in [3.63, 3.8) is 0 Å². The summed E-state index contributed by atoms with van der Waals surface area (Å²) in [6.07, 6.45) is 1.71. The number of likely N-dealkylation sites (tertiary alicyclic amines) is 1. The van der Waals surface area contributed by atoms with Crippen LogP contribution in [-0.2, 0) is 14.3 Å². The van der Waals surface area contributed by atoms with Crippen molar-refractivity contribution in [2.75, 3.05) is 19.6 Å². The van der Waals surface area contributed by atoms with Crippen LogP contribution in [0.5, 0.6) is 0 Å². The molecule has 3 atom stereocenters. The average molecular weight is 411 g/mol. The van der Waals surface area contributed by atoms with E-state index in [-0.39, 0.29) is 19.1 Å². The number of hydroxylamine groups is 2. The van der Waals surface area contributed by atoms with Crippen LogP contribution in [0.15, 0.2) is 0 Å². The molecule has 0 aromatic rings. The van der Waals surface area contributed by atoms with E-state index in [4.69, 9.17) is 4.74 Å². The molecule has 162 valence electrons. The van der Waals surface area contributed by atoms with Gasteiger partial charge in [-0.3, -0.25) is 25.6 Å². The average Bonchev–Trinajstić information content (AvgIpc) is 2.89. The van der Waals surface area contributed by atoms with Crippen LogP contribution in [0.4, 0.5) is 9.59 Å². The first kappa shape index (κ1) is 21.2. The van der Waals surface area contributed by atoms with Crippen LogP contribution in [0.25, 0.3) is 0 Å². The molecule has 3 aliphatic rings. The summed E-state index contributed by atoms with van der Waals surface area (Å²) in [5, 5.41) is 10.4. The van der Waals surface area contributed by atoms with Crippen molar-refractivity contribution in [2.45, 2.75) is 64.1 Å². The highest BCUT2D eigenvalue weighted by atomic mass is 16.6. The maximum absolute atomic E-state index is 12.5. The Morgan fingerprint density at radius 3 is 2.45 bits per heavy atom. The van der Waals surface area contributed by atoms with Crippen LogP contribution in [0.1, 0.15) is 46.5 Å². The van der Waals surface area contributed by atoms with E-state index < -0.39 is 41.5 Å². The van der Waals surface area contributed by atoms with Crippen molar-refractivity contribution in [3.05, 3.63) is 0 Å². The summed E-state index contributed by atoms with van der Waals surface area (Å²) in [4.78, 5) is 51.9. The summed E-state index contributed by atoms with van der Waals surface area (Å²) in [5.41, 5.74) is 4.18. The zero-order valence-corrected chi connectivity index (χ0v) is 17.0. The van der Waals surface area contributed by atoms with Crippen LogP contribution < -0.4 is 10.9 Å². The molecule has 0 aliphatic carbocycles. The van der Waals surface area contributed by atoms with Crippen LogP contribution in [-0.4, -0.2) is 81.3 Å². The topological polar surface area (TPSA) is 132 Å². The smallest absolute Gasteiger partial charge is 0.410 e. The summed E-state index contributed by atoms with van der Waals surface area (Å²) in [6, 6.07) is -1.62. The summed E-state index contributed by atoms with van der Waals surface area (Å²) >= 11 is 0. The SMILES string of the molecule is CC(C)(C)OC(=O)N1CCCC(C(=O)NNC(=O)C2CCC3CN2C(=O)N3O)C1. The van der Waals surface area contributed by atoms with E-state index in [9.17, 15) is 24.4 Å². The molecule has 3 aliphatic heterocycles. The highest BCUT2D eigenvalue weighted by Gasteiger charge is 2.46. The summed E-state index contributed by atoms with van der Waals surface area (Å²) in [6.45, 7) is 6.36. The Morgan fingerprint density at radius 2 is 1.76 bits per heavy atom. The second kappa shape index (κ2) is 8.05. The Morgan fingerprint density at radius 1 is 1.07 bits per heavy atom. The molecule has 11 heteroatoms. The van der Waals surface area contributed by atoms with Gasteiger partial charge in [0.15, 0.2) is 0 Å². The van der Waals surface area contributed by atoms with Gasteiger partial charge in [0.25, 0.3) is 5.91 Å². The van der Waals surface area contributed by atoms with Crippen molar-refractivity contribution in [1.82, 2.24) is 25.7 Å². The van der Waals surface area contributed by atoms with Gasteiger partial charge in [-0.1, -0.05) is 0 Å². The van der Waals surface area contributed by atoms with E-state index >= 15 is 0 Å². The molecule has 0 aromatic carbocycles. The fourth-order valence-electron chi connectivity index (χ4n) is 3.92. The van der Waals surface area contributed by atoms with Crippen molar-refractivity contribution in [2.24, 2.45) is 5.92 Å². The lowest BCUT2D eigenvalue weighted by molar-refractivity contribution is -0.134. The fourth-order valence-corrected chi connectivity index (χ4v) is 3.92. The lowest BCUT2D eigenvalue weighted by Gasteiger charge is -2.33.